The molecule has 0 unspecified atom stereocenters. The van der Waals surface area contributed by atoms with E-state index >= 15 is 0 Å². The smallest absolute Gasteiger partial charge is 0.344 e. The molecule has 0 atom stereocenters. The Labute approximate surface area is 168 Å². The summed E-state index contributed by atoms with van der Waals surface area (Å²) in [6, 6.07) is 13.7. The molecule has 0 spiro atoms. The van der Waals surface area contributed by atoms with Crippen molar-refractivity contribution in [3.05, 3.63) is 54.1 Å². The first-order valence-electron chi connectivity index (χ1n) is 9.12. The normalized spacial score (nSPS) is 13.2. The number of nitrogens with zero attached hydrogens (tertiary/aromatic N) is 1. The van der Waals surface area contributed by atoms with E-state index in [4.69, 9.17) is 4.74 Å². The number of esters is 1. The van der Waals surface area contributed by atoms with Crippen molar-refractivity contribution in [1.29, 1.82) is 0 Å². The molecular formula is C21H22N2O4S. The molecule has 0 bridgehead atoms. The second-order valence-electron chi connectivity index (χ2n) is 6.47. The maximum atomic E-state index is 12.6. The number of amides is 2. The Morgan fingerprint density at radius 2 is 1.71 bits per heavy atom. The summed E-state index contributed by atoms with van der Waals surface area (Å²) in [5.41, 5.74) is 1.05. The van der Waals surface area contributed by atoms with Gasteiger partial charge >= 0.3 is 5.97 Å². The molecule has 0 aliphatic carbocycles. The van der Waals surface area contributed by atoms with E-state index in [1.807, 2.05) is 17.0 Å². The van der Waals surface area contributed by atoms with Gasteiger partial charge < -0.3 is 15.0 Å². The highest BCUT2D eigenvalue weighted by Gasteiger charge is 2.20. The number of benzene rings is 2. The molecule has 0 radical (unpaired) electrons. The summed E-state index contributed by atoms with van der Waals surface area (Å²) in [5, 5.41) is 2.66. The number of carbonyl (C=O) groups is 3. The Morgan fingerprint density at radius 3 is 2.39 bits per heavy atom. The average Bonchev–Trinajstić information content (AvgIpc) is 3.22. The van der Waals surface area contributed by atoms with Crippen LogP contribution < -0.4 is 10.1 Å². The zero-order chi connectivity index (χ0) is 19.9. The molecule has 2 aromatic rings. The summed E-state index contributed by atoms with van der Waals surface area (Å²) in [6.45, 7) is 3.06. The lowest BCUT2D eigenvalue weighted by molar-refractivity contribution is -0.127. The Hall–Kier alpha value is -2.80. The van der Waals surface area contributed by atoms with Crippen molar-refractivity contribution in [2.24, 2.45) is 0 Å². The lowest BCUT2D eigenvalue weighted by atomic mass is 10.2. The van der Waals surface area contributed by atoms with Gasteiger partial charge in [-0.3, -0.25) is 9.59 Å². The molecule has 1 N–H and O–H groups in total. The summed E-state index contributed by atoms with van der Waals surface area (Å²) >= 11 is 1.35. The Balaban J connectivity index is 1.63. The van der Waals surface area contributed by atoms with Crippen LogP contribution in [0.2, 0.25) is 0 Å². The van der Waals surface area contributed by atoms with Crippen molar-refractivity contribution < 1.29 is 19.1 Å². The third kappa shape index (κ3) is 5.36. The molecule has 1 aliphatic heterocycles. The van der Waals surface area contributed by atoms with E-state index in [1.54, 1.807) is 36.4 Å². The van der Waals surface area contributed by atoms with Crippen LogP contribution in [0.1, 0.15) is 30.1 Å². The van der Waals surface area contributed by atoms with Crippen molar-refractivity contribution >= 4 is 35.2 Å². The predicted octanol–water partition coefficient (Wildman–Crippen LogP) is 3.58. The summed E-state index contributed by atoms with van der Waals surface area (Å²) in [7, 11) is 0. The maximum Gasteiger partial charge on any atom is 0.344 e. The molecule has 2 aromatic carbocycles. The summed E-state index contributed by atoms with van der Waals surface area (Å²) in [6.07, 6.45) is 2.11. The van der Waals surface area contributed by atoms with Gasteiger partial charge in [0.05, 0.1) is 11.3 Å². The van der Waals surface area contributed by atoms with Gasteiger partial charge in [0.2, 0.25) is 11.8 Å². The largest absolute Gasteiger partial charge is 0.423 e. The first kappa shape index (κ1) is 19.9. The molecule has 1 aliphatic rings. The lowest BCUT2D eigenvalue weighted by Gasteiger charge is -2.15. The van der Waals surface area contributed by atoms with E-state index in [2.05, 4.69) is 5.32 Å². The number of ether oxygens (including phenoxy) is 1. The van der Waals surface area contributed by atoms with Crippen LogP contribution in [0.15, 0.2) is 53.4 Å². The third-order valence-corrected chi connectivity index (χ3v) is 5.36. The van der Waals surface area contributed by atoms with Crippen molar-refractivity contribution in [2.75, 3.05) is 24.2 Å². The van der Waals surface area contributed by atoms with Gasteiger partial charge in [0.1, 0.15) is 5.75 Å². The van der Waals surface area contributed by atoms with Crippen molar-refractivity contribution in [1.82, 2.24) is 4.90 Å². The second kappa shape index (κ2) is 9.41. The topological polar surface area (TPSA) is 75.7 Å². The van der Waals surface area contributed by atoms with E-state index in [-0.39, 0.29) is 11.8 Å². The molecule has 0 saturated carbocycles. The highest BCUT2D eigenvalue weighted by Crippen LogP contribution is 2.25. The minimum absolute atomic E-state index is 0.0965. The molecule has 28 heavy (non-hydrogen) atoms. The van der Waals surface area contributed by atoms with Crippen molar-refractivity contribution in [3.63, 3.8) is 0 Å². The fraction of sp³-hybridized carbons (Fsp3) is 0.286. The highest BCUT2D eigenvalue weighted by molar-refractivity contribution is 8.00. The fourth-order valence-corrected chi connectivity index (χ4v) is 3.87. The van der Waals surface area contributed by atoms with Gasteiger partial charge in [-0.15, -0.1) is 11.8 Å². The number of nitrogens with one attached hydrogen (secondary N) is 1. The first-order valence-corrected chi connectivity index (χ1v) is 10.1. The molecular weight excluding hydrogens is 376 g/mol. The lowest BCUT2D eigenvalue weighted by Crippen LogP contribution is -2.29. The Morgan fingerprint density at radius 1 is 1.04 bits per heavy atom. The number of hydrogen-bond donors (Lipinski definition) is 1. The average molecular weight is 398 g/mol. The first-order chi connectivity index (χ1) is 13.5. The fourth-order valence-electron chi connectivity index (χ4n) is 2.93. The molecule has 1 heterocycles. The number of anilines is 1. The van der Waals surface area contributed by atoms with E-state index in [0.717, 1.165) is 30.8 Å². The minimum Gasteiger partial charge on any atom is -0.423 e. The third-order valence-electron chi connectivity index (χ3n) is 4.30. The predicted molar refractivity (Wildman–Crippen MR) is 109 cm³/mol. The van der Waals surface area contributed by atoms with E-state index in [0.29, 0.717) is 22.8 Å². The number of likely N-dealkylation sites (tertiary alicyclic amines) is 1. The molecule has 2 amide bonds. The molecule has 6 nitrogen and oxygen atoms in total. The van der Waals surface area contributed by atoms with Gasteiger partial charge in [0, 0.05) is 30.6 Å². The quantitative estimate of drug-likeness (QED) is 0.457. The zero-order valence-electron chi connectivity index (χ0n) is 15.6. The second-order valence-corrected chi connectivity index (χ2v) is 7.48. The van der Waals surface area contributed by atoms with Gasteiger partial charge in [-0.1, -0.05) is 12.1 Å². The summed E-state index contributed by atoms with van der Waals surface area (Å²) in [4.78, 5) is 38.5. The molecule has 1 saturated heterocycles. The Kier molecular flexibility index (Phi) is 6.71. The maximum absolute atomic E-state index is 12.6. The molecule has 0 aromatic heterocycles. The zero-order valence-corrected chi connectivity index (χ0v) is 16.5. The minimum atomic E-state index is -0.482. The number of carbonyl (C=O) groups excluding carboxylic acids is 3. The SMILES string of the molecule is CC(=O)Nc1ccc(OC(=O)c2ccccc2SCC(=O)N2CCCC2)cc1. The van der Waals surface area contributed by atoms with Crippen LogP contribution >= 0.6 is 11.8 Å². The Bertz CT molecular complexity index is 861. The van der Waals surface area contributed by atoms with Crippen LogP contribution in [0.25, 0.3) is 0 Å². The van der Waals surface area contributed by atoms with Crippen molar-refractivity contribution in [2.45, 2.75) is 24.7 Å². The number of hydrogen-bond acceptors (Lipinski definition) is 5. The van der Waals surface area contributed by atoms with E-state index < -0.39 is 5.97 Å². The van der Waals surface area contributed by atoms with E-state index in [9.17, 15) is 14.4 Å². The van der Waals surface area contributed by atoms with Crippen LogP contribution in [0, 0.1) is 0 Å². The number of thioether (sulfide) groups is 1. The number of rotatable bonds is 6. The van der Waals surface area contributed by atoms with Crippen LogP contribution in [-0.4, -0.2) is 41.5 Å². The molecule has 3 rings (SSSR count). The van der Waals surface area contributed by atoms with Gasteiger partial charge in [-0.05, 0) is 49.2 Å². The monoisotopic (exact) mass is 398 g/mol. The van der Waals surface area contributed by atoms with Crippen LogP contribution in [0.5, 0.6) is 5.75 Å². The van der Waals surface area contributed by atoms with Crippen LogP contribution in [0.4, 0.5) is 5.69 Å². The van der Waals surface area contributed by atoms with Gasteiger partial charge in [-0.25, -0.2) is 4.79 Å². The van der Waals surface area contributed by atoms with Crippen LogP contribution in [0.3, 0.4) is 0 Å². The van der Waals surface area contributed by atoms with Crippen molar-refractivity contribution in [3.8, 4) is 5.75 Å². The molecule has 7 heteroatoms. The van der Waals surface area contributed by atoms with Crippen LogP contribution in [-0.2, 0) is 9.59 Å². The standard InChI is InChI=1S/C21H22N2O4S/c1-15(24)22-16-8-10-17(11-9-16)27-21(26)18-6-2-3-7-19(18)28-14-20(25)23-12-4-5-13-23/h2-3,6-11H,4-5,12-14H2,1H3,(H,22,24). The molecule has 1 fully saturated rings. The summed E-state index contributed by atoms with van der Waals surface area (Å²) in [5.74, 6) is 0.129. The highest BCUT2D eigenvalue weighted by atomic mass is 32.2. The van der Waals surface area contributed by atoms with Gasteiger partial charge in [0.15, 0.2) is 0 Å². The van der Waals surface area contributed by atoms with Gasteiger partial charge in [-0.2, -0.15) is 0 Å². The van der Waals surface area contributed by atoms with E-state index in [1.165, 1.54) is 18.7 Å². The summed E-state index contributed by atoms with van der Waals surface area (Å²) < 4.78 is 5.45. The molecule has 146 valence electrons. The van der Waals surface area contributed by atoms with Gasteiger partial charge in [0.25, 0.3) is 0 Å².